The Hall–Kier alpha value is -1.84. The van der Waals surface area contributed by atoms with E-state index in [-0.39, 0.29) is 18.9 Å². The average molecular weight is 249 g/mol. The van der Waals surface area contributed by atoms with Crippen LogP contribution in [0.1, 0.15) is 36.2 Å². The van der Waals surface area contributed by atoms with Crippen molar-refractivity contribution in [1.29, 1.82) is 0 Å². The van der Waals surface area contributed by atoms with Gasteiger partial charge in [0.1, 0.15) is 0 Å². The highest BCUT2D eigenvalue weighted by Gasteiger charge is 2.14. The van der Waals surface area contributed by atoms with Crippen molar-refractivity contribution in [3.63, 3.8) is 0 Å². The van der Waals surface area contributed by atoms with Crippen LogP contribution in [0.25, 0.3) is 0 Å². The first-order valence-electron chi connectivity index (χ1n) is 6.18. The van der Waals surface area contributed by atoms with Crippen molar-refractivity contribution >= 4 is 11.9 Å². The van der Waals surface area contributed by atoms with Crippen LogP contribution in [0.2, 0.25) is 0 Å². The molecule has 0 fully saturated rings. The summed E-state index contributed by atoms with van der Waals surface area (Å²) < 4.78 is 0. The molecule has 0 radical (unpaired) electrons. The van der Waals surface area contributed by atoms with E-state index in [1.165, 1.54) is 5.56 Å². The van der Waals surface area contributed by atoms with Crippen molar-refractivity contribution < 1.29 is 14.7 Å². The van der Waals surface area contributed by atoms with E-state index in [0.717, 1.165) is 6.42 Å². The number of amides is 1. The SMILES string of the molecule is CCc1ccc(C(=O)N(CC)CCC(=O)O)cc1. The maximum absolute atomic E-state index is 12.1. The van der Waals surface area contributed by atoms with Gasteiger partial charge in [-0.3, -0.25) is 9.59 Å². The number of nitrogens with zero attached hydrogens (tertiary/aromatic N) is 1. The van der Waals surface area contributed by atoms with Crippen molar-refractivity contribution in [2.24, 2.45) is 0 Å². The zero-order chi connectivity index (χ0) is 13.5. The zero-order valence-electron chi connectivity index (χ0n) is 10.8. The second-order valence-corrected chi connectivity index (χ2v) is 4.08. The molecule has 0 unspecified atom stereocenters. The van der Waals surface area contributed by atoms with E-state index in [9.17, 15) is 9.59 Å². The van der Waals surface area contributed by atoms with E-state index in [1.807, 2.05) is 19.1 Å². The number of hydrogen-bond acceptors (Lipinski definition) is 2. The van der Waals surface area contributed by atoms with Gasteiger partial charge in [0.15, 0.2) is 0 Å². The number of carboxylic acids is 1. The topological polar surface area (TPSA) is 57.6 Å². The van der Waals surface area contributed by atoms with Crippen LogP contribution in [0, 0.1) is 0 Å². The van der Waals surface area contributed by atoms with Gasteiger partial charge in [0.2, 0.25) is 0 Å². The molecular formula is C14H19NO3. The lowest BCUT2D eigenvalue weighted by Crippen LogP contribution is -2.32. The number of rotatable bonds is 6. The van der Waals surface area contributed by atoms with Crippen molar-refractivity contribution in [2.45, 2.75) is 26.7 Å². The summed E-state index contributed by atoms with van der Waals surface area (Å²) in [5.74, 6) is -0.996. The molecule has 98 valence electrons. The quantitative estimate of drug-likeness (QED) is 0.840. The predicted octanol–water partition coefficient (Wildman–Crippen LogP) is 2.19. The minimum absolute atomic E-state index is 0.0212. The first-order chi connectivity index (χ1) is 8.58. The molecule has 0 aliphatic rings. The van der Waals surface area contributed by atoms with Gasteiger partial charge in [0.25, 0.3) is 5.91 Å². The smallest absolute Gasteiger partial charge is 0.305 e. The number of benzene rings is 1. The Labute approximate surface area is 107 Å². The van der Waals surface area contributed by atoms with E-state index in [2.05, 4.69) is 6.92 Å². The van der Waals surface area contributed by atoms with Crippen molar-refractivity contribution in [3.05, 3.63) is 35.4 Å². The lowest BCUT2D eigenvalue weighted by molar-refractivity contribution is -0.137. The van der Waals surface area contributed by atoms with Gasteiger partial charge >= 0.3 is 5.97 Å². The van der Waals surface area contributed by atoms with Crippen LogP contribution in [-0.4, -0.2) is 35.0 Å². The van der Waals surface area contributed by atoms with Gasteiger partial charge in [-0.2, -0.15) is 0 Å². The molecule has 18 heavy (non-hydrogen) atoms. The average Bonchev–Trinajstić information content (AvgIpc) is 2.39. The fourth-order valence-corrected chi connectivity index (χ4v) is 1.70. The highest BCUT2D eigenvalue weighted by molar-refractivity contribution is 5.94. The molecule has 0 bridgehead atoms. The molecule has 0 aliphatic heterocycles. The van der Waals surface area contributed by atoms with E-state index in [4.69, 9.17) is 5.11 Å². The maximum Gasteiger partial charge on any atom is 0.305 e. The van der Waals surface area contributed by atoms with E-state index >= 15 is 0 Å². The lowest BCUT2D eigenvalue weighted by atomic mass is 10.1. The summed E-state index contributed by atoms with van der Waals surface area (Å²) in [6, 6.07) is 7.45. The minimum atomic E-state index is -0.886. The molecule has 1 aromatic rings. The zero-order valence-corrected chi connectivity index (χ0v) is 10.8. The fourth-order valence-electron chi connectivity index (χ4n) is 1.70. The highest BCUT2D eigenvalue weighted by Crippen LogP contribution is 2.08. The molecule has 4 nitrogen and oxygen atoms in total. The van der Waals surface area contributed by atoms with Gasteiger partial charge in [0, 0.05) is 18.7 Å². The number of aliphatic carboxylic acids is 1. The third-order valence-electron chi connectivity index (χ3n) is 2.87. The van der Waals surface area contributed by atoms with E-state index < -0.39 is 5.97 Å². The van der Waals surface area contributed by atoms with E-state index in [0.29, 0.717) is 12.1 Å². The third-order valence-corrected chi connectivity index (χ3v) is 2.87. The Morgan fingerprint density at radius 3 is 2.22 bits per heavy atom. The summed E-state index contributed by atoms with van der Waals surface area (Å²) in [7, 11) is 0. The number of carbonyl (C=O) groups is 2. The van der Waals surface area contributed by atoms with Crippen LogP contribution < -0.4 is 0 Å². The second-order valence-electron chi connectivity index (χ2n) is 4.08. The van der Waals surface area contributed by atoms with Crippen LogP contribution in [-0.2, 0) is 11.2 Å². The molecule has 1 rings (SSSR count). The molecule has 1 amide bonds. The van der Waals surface area contributed by atoms with Gasteiger partial charge < -0.3 is 10.0 Å². The Morgan fingerprint density at radius 1 is 1.17 bits per heavy atom. The van der Waals surface area contributed by atoms with Gasteiger partial charge in [-0.1, -0.05) is 19.1 Å². The number of hydrogen-bond donors (Lipinski definition) is 1. The monoisotopic (exact) mass is 249 g/mol. The Bertz CT molecular complexity index is 412. The number of carbonyl (C=O) groups excluding carboxylic acids is 1. The standard InChI is InChI=1S/C14H19NO3/c1-3-11-5-7-12(8-6-11)14(18)15(4-2)10-9-13(16)17/h5-8H,3-4,9-10H2,1-2H3,(H,16,17). The van der Waals surface area contributed by atoms with Crippen LogP contribution in [0.5, 0.6) is 0 Å². The molecule has 0 spiro atoms. The predicted molar refractivity (Wildman–Crippen MR) is 69.7 cm³/mol. The lowest BCUT2D eigenvalue weighted by Gasteiger charge is -2.20. The largest absolute Gasteiger partial charge is 0.481 e. The van der Waals surface area contributed by atoms with Crippen LogP contribution >= 0.6 is 0 Å². The van der Waals surface area contributed by atoms with Gasteiger partial charge in [-0.05, 0) is 31.0 Å². The first kappa shape index (κ1) is 14.2. The van der Waals surface area contributed by atoms with E-state index in [1.54, 1.807) is 17.0 Å². The van der Waals surface area contributed by atoms with Crippen LogP contribution in [0.3, 0.4) is 0 Å². The normalized spacial score (nSPS) is 10.1. The van der Waals surface area contributed by atoms with Gasteiger partial charge in [-0.25, -0.2) is 0 Å². The van der Waals surface area contributed by atoms with Gasteiger partial charge in [0.05, 0.1) is 6.42 Å². The minimum Gasteiger partial charge on any atom is -0.481 e. The molecule has 1 aromatic carbocycles. The molecular weight excluding hydrogens is 230 g/mol. The fraction of sp³-hybridized carbons (Fsp3) is 0.429. The molecule has 0 saturated heterocycles. The molecule has 0 saturated carbocycles. The summed E-state index contributed by atoms with van der Waals surface area (Å²) in [5, 5.41) is 8.64. The summed E-state index contributed by atoms with van der Waals surface area (Å²) in [6.07, 6.45) is 0.914. The van der Waals surface area contributed by atoms with Crippen molar-refractivity contribution in [1.82, 2.24) is 4.90 Å². The number of carboxylic acid groups (broad SMARTS) is 1. The maximum atomic E-state index is 12.1. The summed E-state index contributed by atoms with van der Waals surface area (Å²) in [6.45, 7) is 4.67. The summed E-state index contributed by atoms with van der Waals surface area (Å²) in [4.78, 5) is 24.2. The van der Waals surface area contributed by atoms with Gasteiger partial charge in [-0.15, -0.1) is 0 Å². The first-order valence-corrected chi connectivity index (χ1v) is 6.18. The Balaban J connectivity index is 2.72. The summed E-state index contributed by atoms with van der Waals surface area (Å²) >= 11 is 0. The molecule has 0 atom stereocenters. The molecule has 0 heterocycles. The van der Waals surface area contributed by atoms with Crippen LogP contribution in [0.4, 0.5) is 0 Å². The molecule has 1 N–H and O–H groups in total. The summed E-state index contributed by atoms with van der Waals surface area (Å²) in [5.41, 5.74) is 1.79. The van der Waals surface area contributed by atoms with Crippen molar-refractivity contribution in [2.75, 3.05) is 13.1 Å². The Kier molecular flexibility index (Phi) is 5.36. The molecule has 0 aromatic heterocycles. The number of aryl methyl sites for hydroxylation is 1. The molecule has 0 aliphatic carbocycles. The second kappa shape index (κ2) is 6.79. The highest BCUT2D eigenvalue weighted by atomic mass is 16.4. The third kappa shape index (κ3) is 3.87. The van der Waals surface area contributed by atoms with Crippen LogP contribution in [0.15, 0.2) is 24.3 Å². The van der Waals surface area contributed by atoms with Crippen molar-refractivity contribution in [3.8, 4) is 0 Å². The molecule has 4 heteroatoms. The Morgan fingerprint density at radius 2 is 1.78 bits per heavy atom.